The van der Waals surface area contributed by atoms with Crippen LogP contribution < -0.4 is 5.32 Å². The Morgan fingerprint density at radius 2 is 1.91 bits per heavy atom. The molecule has 0 bridgehead atoms. The largest absolute Gasteiger partial charge is 0.419 e. The second-order valence-electron chi connectivity index (χ2n) is 4.80. The minimum absolute atomic E-state index is 0.295. The minimum Gasteiger partial charge on any atom is -0.419 e. The first-order valence-electron chi connectivity index (χ1n) is 6.06. The third kappa shape index (κ3) is 3.40. The molecule has 8 heteroatoms. The first-order chi connectivity index (χ1) is 10.2. The molecule has 1 aromatic carbocycles. The van der Waals surface area contributed by atoms with Crippen LogP contribution in [0.2, 0.25) is 5.02 Å². The van der Waals surface area contributed by atoms with Crippen LogP contribution in [0.25, 0.3) is 0 Å². The molecule has 1 heterocycles. The van der Waals surface area contributed by atoms with Crippen molar-refractivity contribution in [1.82, 2.24) is 0 Å². The summed E-state index contributed by atoms with van der Waals surface area (Å²) in [6.45, 7) is 2.91. The zero-order valence-electron chi connectivity index (χ0n) is 11.6. The molecular weight excluding hydrogens is 376 g/mol. The molecule has 0 aliphatic carbocycles. The van der Waals surface area contributed by atoms with E-state index in [1.807, 2.05) is 6.07 Å². The lowest BCUT2D eigenvalue weighted by Gasteiger charge is -2.29. The molecule has 1 aliphatic rings. The number of nitrogens with zero attached hydrogens (tertiary/aromatic N) is 1. The monoisotopic (exact) mass is 384 g/mol. The quantitative estimate of drug-likeness (QED) is 0.478. The fourth-order valence-corrected chi connectivity index (χ4v) is 2.46. The van der Waals surface area contributed by atoms with Crippen LogP contribution in [0.15, 0.2) is 28.4 Å². The van der Waals surface area contributed by atoms with Crippen LogP contribution in [0.3, 0.4) is 0 Å². The molecule has 1 aliphatic heterocycles. The molecule has 1 aromatic rings. The average Bonchev–Trinajstić information content (AvgIpc) is 2.38. The Hall–Kier alpha value is -2.04. The van der Waals surface area contributed by atoms with Crippen molar-refractivity contribution in [3.8, 4) is 6.07 Å². The van der Waals surface area contributed by atoms with Gasteiger partial charge in [-0.05, 0) is 28.1 Å². The van der Waals surface area contributed by atoms with Gasteiger partial charge < -0.3 is 14.8 Å². The van der Waals surface area contributed by atoms with E-state index in [0.717, 1.165) is 6.20 Å². The van der Waals surface area contributed by atoms with E-state index < -0.39 is 17.7 Å². The number of rotatable bonds is 2. The fraction of sp³-hybridized carbons (Fsp3) is 0.214. The minimum atomic E-state index is -1.30. The average molecular weight is 386 g/mol. The number of hydrogen-bond donors (Lipinski definition) is 1. The van der Waals surface area contributed by atoms with E-state index in [0.29, 0.717) is 20.7 Å². The number of carbonyl (C=O) groups is 2. The van der Waals surface area contributed by atoms with Gasteiger partial charge in [-0.3, -0.25) is 0 Å². The Bertz CT molecular complexity index is 715. The van der Waals surface area contributed by atoms with E-state index in [2.05, 4.69) is 21.2 Å². The predicted octanol–water partition coefficient (Wildman–Crippen LogP) is 3.11. The molecular formula is C14H10BrClN2O4. The zero-order chi connectivity index (χ0) is 16.5. The van der Waals surface area contributed by atoms with Gasteiger partial charge in [0.05, 0.1) is 16.3 Å². The van der Waals surface area contributed by atoms with Gasteiger partial charge in [0.1, 0.15) is 6.07 Å². The van der Waals surface area contributed by atoms with Crippen LogP contribution in [-0.2, 0) is 19.1 Å². The van der Waals surface area contributed by atoms with Gasteiger partial charge in [0.25, 0.3) is 5.79 Å². The maximum atomic E-state index is 11.8. The third-order valence-electron chi connectivity index (χ3n) is 2.67. The summed E-state index contributed by atoms with van der Waals surface area (Å²) < 4.78 is 10.5. The Morgan fingerprint density at radius 3 is 2.45 bits per heavy atom. The van der Waals surface area contributed by atoms with Crippen molar-refractivity contribution < 1.29 is 19.1 Å². The number of nitrogens with one attached hydrogen (secondary N) is 1. The van der Waals surface area contributed by atoms with Gasteiger partial charge in [0, 0.05) is 24.5 Å². The lowest BCUT2D eigenvalue weighted by molar-refractivity contribution is -0.222. The number of benzene rings is 1. The van der Waals surface area contributed by atoms with Gasteiger partial charge in [0.15, 0.2) is 5.57 Å². The van der Waals surface area contributed by atoms with Crippen LogP contribution in [0.4, 0.5) is 5.69 Å². The van der Waals surface area contributed by atoms with Crippen LogP contribution in [0, 0.1) is 11.3 Å². The molecule has 1 N–H and O–H groups in total. The summed E-state index contributed by atoms with van der Waals surface area (Å²) in [6, 6.07) is 4.99. The fourth-order valence-electron chi connectivity index (χ4n) is 1.67. The highest BCUT2D eigenvalue weighted by Gasteiger charge is 2.38. The maximum Gasteiger partial charge on any atom is 0.350 e. The molecule has 0 aromatic heterocycles. The second-order valence-corrected chi connectivity index (χ2v) is 6.07. The molecule has 0 unspecified atom stereocenters. The Kier molecular flexibility index (Phi) is 4.44. The lowest BCUT2D eigenvalue weighted by Crippen LogP contribution is -2.42. The Balaban J connectivity index is 2.28. The molecule has 6 nitrogen and oxygen atoms in total. The Morgan fingerprint density at radius 1 is 1.32 bits per heavy atom. The molecule has 1 saturated heterocycles. The van der Waals surface area contributed by atoms with E-state index in [1.165, 1.54) is 26.0 Å². The van der Waals surface area contributed by atoms with E-state index in [4.69, 9.17) is 26.3 Å². The highest BCUT2D eigenvalue weighted by atomic mass is 79.9. The van der Waals surface area contributed by atoms with Gasteiger partial charge >= 0.3 is 11.9 Å². The van der Waals surface area contributed by atoms with Crippen molar-refractivity contribution in [2.24, 2.45) is 0 Å². The van der Waals surface area contributed by atoms with Gasteiger partial charge in [-0.25, -0.2) is 9.59 Å². The third-order valence-corrected chi connectivity index (χ3v) is 3.63. The number of anilines is 1. The van der Waals surface area contributed by atoms with Gasteiger partial charge in [-0.1, -0.05) is 11.6 Å². The molecule has 1 fully saturated rings. The van der Waals surface area contributed by atoms with Gasteiger partial charge in [0.2, 0.25) is 0 Å². The number of cyclic esters (lactones) is 2. The standard InChI is InChI=1S/C14H10BrClN2O4/c1-14(2)21-12(19)8(13(20)22-14)6-18-11-3-7(5-17)9(15)4-10(11)16/h3-4,6,18H,1-2H3. The summed E-state index contributed by atoms with van der Waals surface area (Å²) in [5.41, 5.74) is 0.413. The van der Waals surface area contributed by atoms with Crippen molar-refractivity contribution in [2.75, 3.05) is 5.32 Å². The number of nitriles is 1. The number of carbonyl (C=O) groups excluding carboxylic acids is 2. The van der Waals surface area contributed by atoms with Crippen molar-refractivity contribution in [3.63, 3.8) is 0 Å². The number of hydrogen-bond acceptors (Lipinski definition) is 6. The topological polar surface area (TPSA) is 88.4 Å². The lowest BCUT2D eigenvalue weighted by atomic mass is 10.2. The van der Waals surface area contributed by atoms with Crippen LogP contribution in [0.5, 0.6) is 0 Å². The molecule has 2 rings (SSSR count). The van der Waals surface area contributed by atoms with E-state index >= 15 is 0 Å². The smallest absolute Gasteiger partial charge is 0.350 e. The molecule has 0 saturated carbocycles. The first-order valence-corrected chi connectivity index (χ1v) is 7.23. The summed E-state index contributed by atoms with van der Waals surface area (Å²) in [5, 5.41) is 12.0. The van der Waals surface area contributed by atoms with E-state index in [9.17, 15) is 9.59 Å². The number of ether oxygens (including phenoxy) is 2. The van der Waals surface area contributed by atoms with Crippen molar-refractivity contribution in [3.05, 3.63) is 39.0 Å². The molecule has 0 atom stereocenters. The van der Waals surface area contributed by atoms with E-state index in [1.54, 1.807) is 0 Å². The summed E-state index contributed by atoms with van der Waals surface area (Å²) >= 11 is 9.23. The molecule has 0 spiro atoms. The second kappa shape index (κ2) is 5.99. The van der Waals surface area contributed by atoms with Crippen LogP contribution >= 0.6 is 27.5 Å². The van der Waals surface area contributed by atoms with Crippen molar-refractivity contribution >= 4 is 45.2 Å². The molecule has 22 heavy (non-hydrogen) atoms. The summed E-state index contributed by atoms with van der Waals surface area (Å²) in [5.74, 6) is -2.90. The number of esters is 2. The normalized spacial score (nSPS) is 16.4. The molecule has 114 valence electrons. The first kappa shape index (κ1) is 16.3. The SMILES string of the molecule is CC1(C)OC(=O)C(=CNc2cc(C#N)c(Br)cc2Cl)C(=O)O1. The predicted molar refractivity (Wildman–Crippen MR) is 81.8 cm³/mol. The van der Waals surface area contributed by atoms with Crippen molar-refractivity contribution in [2.45, 2.75) is 19.6 Å². The van der Waals surface area contributed by atoms with Gasteiger partial charge in [-0.15, -0.1) is 0 Å². The molecule has 0 amide bonds. The summed E-state index contributed by atoms with van der Waals surface area (Å²) in [4.78, 5) is 23.6. The van der Waals surface area contributed by atoms with Gasteiger partial charge in [-0.2, -0.15) is 5.26 Å². The highest BCUT2D eigenvalue weighted by molar-refractivity contribution is 9.10. The number of halogens is 2. The highest BCUT2D eigenvalue weighted by Crippen LogP contribution is 2.30. The maximum absolute atomic E-state index is 11.8. The molecule has 0 radical (unpaired) electrons. The summed E-state index contributed by atoms with van der Waals surface area (Å²) in [7, 11) is 0. The van der Waals surface area contributed by atoms with Crippen LogP contribution in [-0.4, -0.2) is 17.7 Å². The van der Waals surface area contributed by atoms with E-state index in [-0.39, 0.29) is 5.57 Å². The Labute approximate surface area is 139 Å². The zero-order valence-corrected chi connectivity index (χ0v) is 13.9. The van der Waals surface area contributed by atoms with Crippen LogP contribution in [0.1, 0.15) is 19.4 Å². The summed E-state index contributed by atoms with van der Waals surface area (Å²) in [6.07, 6.45) is 1.14. The van der Waals surface area contributed by atoms with Crippen molar-refractivity contribution in [1.29, 1.82) is 5.26 Å².